The molecule has 6 heteroatoms. The second kappa shape index (κ2) is 10.4. The van der Waals surface area contributed by atoms with E-state index >= 15 is 0 Å². The molecule has 2 aromatic carbocycles. The molecular formula is C27H35N3O3. The van der Waals surface area contributed by atoms with Gasteiger partial charge in [0, 0.05) is 25.6 Å². The van der Waals surface area contributed by atoms with Crippen LogP contribution in [0.5, 0.6) is 11.5 Å². The zero-order valence-corrected chi connectivity index (χ0v) is 20.2. The first-order chi connectivity index (χ1) is 16.0. The smallest absolute Gasteiger partial charge is 0.280 e. The summed E-state index contributed by atoms with van der Waals surface area (Å²) in [6.45, 7) is 10.5. The second-order valence-corrected chi connectivity index (χ2v) is 9.16. The zero-order valence-electron chi connectivity index (χ0n) is 20.2. The van der Waals surface area contributed by atoms with Crippen LogP contribution in [-0.2, 0) is 25.8 Å². The zero-order chi connectivity index (χ0) is 23.4. The number of aryl methyl sites for hydroxylation is 3. The Morgan fingerprint density at radius 3 is 2.70 bits per heavy atom. The Balaban J connectivity index is 1.37. The average molecular weight is 450 g/mol. The third-order valence-corrected chi connectivity index (χ3v) is 5.98. The van der Waals surface area contributed by atoms with E-state index in [-0.39, 0.29) is 17.7 Å². The number of ether oxygens (including phenoxy) is 2. The van der Waals surface area contributed by atoms with Crippen LogP contribution in [0.4, 0.5) is 0 Å². The van der Waals surface area contributed by atoms with Crippen molar-refractivity contribution in [2.45, 2.75) is 72.1 Å². The minimum absolute atomic E-state index is 0.0917. The third kappa shape index (κ3) is 5.38. The normalized spacial score (nSPS) is 13.6. The summed E-state index contributed by atoms with van der Waals surface area (Å²) in [5.41, 5.74) is 3.46. The summed E-state index contributed by atoms with van der Waals surface area (Å²) in [6.07, 6.45) is 3.78. The molecule has 3 aromatic rings. The van der Waals surface area contributed by atoms with Gasteiger partial charge in [-0.25, -0.2) is 0 Å². The highest BCUT2D eigenvalue weighted by atomic mass is 16.5. The maximum Gasteiger partial charge on any atom is 0.280 e. The topological polar surface area (TPSA) is 65.4 Å². The van der Waals surface area contributed by atoms with Gasteiger partial charge < -0.3 is 19.4 Å². The van der Waals surface area contributed by atoms with E-state index in [1.807, 2.05) is 44.2 Å². The summed E-state index contributed by atoms with van der Waals surface area (Å²) in [6, 6.07) is 12.4. The summed E-state index contributed by atoms with van der Waals surface area (Å²) in [5.74, 6) is 2.47. The van der Waals surface area contributed by atoms with Crippen LogP contribution >= 0.6 is 0 Å². The van der Waals surface area contributed by atoms with Crippen LogP contribution in [0.1, 0.15) is 51.1 Å². The first kappa shape index (κ1) is 23.3. The second-order valence-electron chi connectivity index (χ2n) is 9.16. The largest absolute Gasteiger partial charge is 0.488 e. The molecule has 6 nitrogen and oxygen atoms in total. The van der Waals surface area contributed by atoms with Gasteiger partial charge in [-0.1, -0.05) is 25.1 Å². The van der Waals surface area contributed by atoms with Crippen molar-refractivity contribution in [2.75, 3.05) is 13.2 Å². The molecule has 0 radical (unpaired) electrons. The SMILES string of the molecule is CCCc1nc(=O)c2cc(CC(C)NCCOc3ccccc3OC(C)C)cc3c2n1CC3. The molecule has 0 bridgehead atoms. The maximum atomic E-state index is 12.7. The van der Waals surface area contributed by atoms with Gasteiger partial charge in [-0.3, -0.25) is 4.79 Å². The van der Waals surface area contributed by atoms with Crippen molar-refractivity contribution in [3.8, 4) is 11.5 Å². The first-order valence-corrected chi connectivity index (χ1v) is 12.1. The summed E-state index contributed by atoms with van der Waals surface area (Å²) in [7, 11) is 0. The lowest BCUT2D eigenvalue weighted by Crippen LogP contribution is -2.32. The van der Waals surface area contributed by atoms with Crippen molar-refractivity contribution in [3.63, 3.8) is 0 Å². The lowest BCUT2D eigenvalue weighted by Gasteiger charge is -2.17. The Labute approximate surface area is 195 Å². The highest BCUT2D eigenvalue weighted by Gasteiger charge is 2.20. The summed E-state index contributed by atoms with van der Waals surface area (Å²) < 4.78 is 14.0. The molecular weight excluding hydrogens is 414 g/mol. The summed E-state index contributed by atoms with van der Waals surface area (Å²) in [4.78, 5) is 17.1. The molecule has 2 heterocycles. The summed E-state index contributed by atoms with van der Waals surface area (Å²) in [5, 5.41) is 4.30. The highest BCUT2D eigenvalue weighted by Crippen LogP contribution is 2.28. The molecule has 0 amide bonds. The van der Waals surface area contributed by atoms with Crippen LogP contribution in [0.3, 0.4) is 0 Å². The van der Waals surface area contributed by atoms with Crippen molar-refractivity contribution < 1.29 is 9.47 Å². The molecule has 0 saturated heterocycles. The van der Waals surface area contributed by atoms with Crippen LogP contribution in [0, 0.1) is 0 Å². The molecule has 1 aliphatic rings. The molecule has 1 aliphatic heterocycles. The Morgan fingerprint density at radius 2 is 1.94 bits per heavy atom. The van der Waals surface area contributed by atoms with Crippen LogP contribution < -0.4 is 20.3 Å². The minimum atomic E-state index is -0.0917. The number of rotatable bonds is 11. The van der Waals surface area contributed by atoms with Crippen molar-refractivity contribution in [3.05, 3.63) is 63.7 Å². The van der Waals surface area contributed by atoms with Gasteiger partial charge in [0.25, 0.3) is 5.56 Å². The monoisotopic (exact) mass is 449 g/mol. The number of nitrogens with one attached hydrogen (secondary N) is 1. The standard InChI is InChI=1S/C27H35N3O3/c1-5-8-25-29-27(31)22-17-20(16-21-11-13-30(25)26(21)22)15-19(4)28-12-14-32-23-9-6-7-10-24(23)33-18(2)3/h6-7,9-10,16-19,28H,5,8,11-15H2,1-4H3. The van der Waals surface area contributed by atoms with Crippen molar-refractivity contribution in [1.82, 2.24) is 14.9 Å². The molecule has 176 valence electrons. The Hall–Kier alpha value is -2.86. The molecule has 4 rings (SSSR count). The van der Waals surface area contributed by atoms with Gasteiger partial charge in [0.1, 0.15) is 12.4 Å². The van der Waals surface area contributed by atoms with E-state index in [2.05, 4.69) is 34.8 Å². The van der Waals surface area contributed by atoms with Crippen LogP contribution in [0.25, 0.3) is 10.9 Å². The predicted octanol–water partition coefficient (Wildman–Crippen LogP) is 4.29. The quantitative estimate of drug-likeness (QED) is 0.443. The molecule has 0 saturated carbocycles. The fourth-order valence-corrected chi connectivity index (χ4v) is 4.62. The van der Waals surface area contributed by atoms with E-state index in [4.69, 9.17) is 9.47 Å². The Bertz CT molecular complexity index is 1170. The van der Waals surface area contributed by atoms with Crippen molar-refractivity contribution in [1.29, 1.82) is 0 Å². The fraction of sp³-hybridized carbons (Fsp3) is 0.481. The third-order valence-electron chi connectivity index (χ3n) is 5.98. The van der Waals surface area contributed by atoms with Crippen LogP contribution in [0.15, 0.2) is 41.2 Å². The van der Waals surface area contributed by atoms with Gasteiger partial charge in [0.15, 0.2) is 11.5 Å². The van der Waals surface area contributed by atoms with Gasteiger partial charge in [-0.2, -0.15) is 4.98 Å². The minimum Gasteiger partial charge on any atom is -0.488 e. The van der Waals surface area contributed by atoms with E-state index in [0.717, 1.165) is 67.0 Å². The van der Waals surface area contributed by atoms with Crippen LogP contribution in [0.2, 0.25) is 0 Å². The molecule has 0 spiro atoms. The van der Waals surface area contributed by atoms with E-state index in [1.165, 1.54) is 11.1 Å². The van der Waals surface area contributed by atoms with E-state index < -0.39 is 0 Å². The van der Waals surface area contributed by atoms with Gasteiger partial charge in [-0.05, 0) is 69.4 Å². The lowest BCUT2D eigenvalue weighted by atomic mass is 10.0. The van der Waals surface area contributed by atoms with Gasteiger partial charge in [0.05, 0.1) is 17.0 Å². The molecule has 33 heavy (non-hydrogen) atoms. The van der Waals surface area contributed by atoms with E-state index in [0.29, 0.717) is 6.61 Å². The molecule has 1 unspecified atom stereocenters. The van der Waals surface area contributed by atoms with E-state index in [1.54, 1.807) is 0 Å². The predicted molar refractivity (Wildman–Crippen MR) is 133 cm³/mol. The Kier molecular flexibility index (Phi) is 7.33. The number of hydrogen-bond donors (Lipinski definition) is 1. The number of aromatic nitrogens is 2. The van der Waals surface area contributed by atoms with Crippen LogP contribution in [-0.4, -0.2) is 34.8 Å². The number of benzene rings is 2. The fourth-order valence-electron chi connectivity index (χ4n) is 4.62. The molecule has 0 fully saturated rings. The molecule has 1 atom stereocenters. The molecule has 1 aromatic heterocycles. The van der Waals surface area contributed by atoms with Gasteiger partial charge in [0.2, 0.25) is 0 Å². The summed E-state index contributed by atoms with van der Waals surface area (Å²) >= 11 is 0. The Morgan fingerprint density at radius 1 is 1.15 bits per heavy atom. The first-order valence-electron chi connectivity index (χ1n) is 12.1. The van der Waals surface area contributed by atoms with Gasteiger partial charge in [-0.15, -0.1) is 0 Å². The molecule has 0 aliphatic carbocycles. The number of nitrogens with zero attached hydrogens (tertiary/aromatic N) is 2. The van der Waals surface area contributed by atoms with Crippen molar-refractivity contribution in [2.24, 2.45) is 0 Å². The van der Waals surface area contributed by atoms with Gasteiger partial charge >= 0.3 is 0 Å². The van der Waals surface area contributed by atoms with E-state index in [9.17, 15) is 4.79 Å². The average Bonchev–Trinajstić information content (AvgIpc) is 3.20. The number of hydrogen-bond acceptors (Lipinski definition) is 5. The maximum absolute atomic E-state index is 12.7. The highest BCUT2D eigenvalue weighted by molar-refractivity contribution is 5.84. The lowest BCUT2D eigenvalue weighted by molar-refractivity contribution is 0.220. The number of para-hydroxylation sites is 2. The molecule has 1 N–H and O–H groups in total. The van der Waals surface area contributed by atoms with Crippen molar-refractivity contribution >= 4 is 10.9 Å².